The van der Waals surface area contributed by atoms with Crippen molar-refractivity contribution in [1.82, 2.24) is 4.57 Å². The minimum atomic E-state index is -0.189. The number of nitrogens with zero attached hydrogens (tertiary/aromatic N) is 2. The van der Waals surface area contributed by atoms with Crippen LogP contribution in [0.5, 0.6) is 0 Å². The molecule has 4 nitrogen and oxygen atoms in total. The first kappa shape index (κ1) is 16.5. The lowest BCUT2D eigenvalue weighted by Gasteiger charge is -2.49. The Kier molecular flexibility index (Phi) is 3.43. The summed E-state index contributed by atoms with van der Waals surface area (Å²) in [7, 11) is 2.14. The zero-order chi connectivity index (χ0) is 17.3. The second kappa shape index (κ2) is 5.64. The number of hydrogen-bond acceptors (Lipinski definition) is 2. The van der Waals surface area contributed by atoms with E-state index in [2.05, 4.69) is 65.0 Å². The van der Waals surface area contributed by atoms with Crippen LogP contribution in [0.3, 0.4) is 0 Å². The Morgan fingerprint density at radius 3 is 2.30 bits per heavy atom. The Labute approximate surface area is 163 Å². The van der Waals surface area contributed by atoms with E-state index in [-0.39, 0.29) is 23.7 Å². The van der Waals surface area contributed by atoms with Gasteiger partial charge >= 0.3 is 0 Å². The summed E-state index contributed by atoms with van der Waals surface area (Å²) in [6.07, 6.45) is 12.8. The van der Waals surface area contributed by atoms with Crippen LogP contribution in [0, 0.1) is 0 Å². The molecular formula is C22H19ClN2O2. The van der Waals surface area contributed by atoms with Crippen molar-refractivity contribution in [1.29, 1.82) is 0 Å². The van der Waals surface area contributed by atoms with Gasteiger partial charge in [0, 0.05) is 28.5 Å². The molecule has 0 unspecified atom stereocenters. The third-order valence-corrected chi connectivity index (χ3v) is 6.42. The van der Waals surface area contributed by atoms with Gasteiger partial charge in [0.15, 0.2) is 0 Å². The van der Waals surface area contributed by atoms with Gasteiger partial charge in [-0.3, -0.25) is 0 Å². The Morgan fingerprint density at radius 1 is 1.00 bits per heavy atom. The molecule has 2 aliphatic heterocycles. The zero-order valence-electron chi connectivity index (χ0n) is 14.9. The lowest BCUT2D eigenvalue weighted by molar-refractivity contribution is -0.732. The first-order valence-electron chi connectivity index (χ1n) is 9.01. The molecule has 2 atom stereocenters. The molecule has 0 saturated carbocycles. The molecule has 7 rings (SSSR count). The average molecular weight is 379 g/mol. The molecule has 4 aromatic rings. The predicted molar refractivity (Wildman–Crippen MR) is 94.8 cm³/mol. The van der Waals surface area contributed by atoms with Gasteiger partial charge in [0.2, 0.25) is 0 Å². The number of aromatic nitrogens is 2. The smallest absolute Gasteiger partial charge is 0.265 e. The van der Waals surface area contributed by atoms with Gasteiger partial charge in [0.05, 0.1) is 32.1 Å². The number of rotatable bonds is 2. The Bertz CT molecular complexity index is 1060. The van der Waals surface area contributed by atoms with Gasteiger partial charge in [0.25, 0.3) is 5.82 Å². The highest BCUT2D eigenvalue weighted by molar-refractivity contribution is 5.53. The van der Waals surface area contributed by atoms with Crippen LogP contribution in [0.1, 0.15) is 46.5 Å². The molecule has 1 aliphatic carbocycles. The fourth-order valence-corrected chi connectivity index (χ4v) is 5.38. The lowest BCUT2D eigenvalue weighted by Crippen LogP contribution is -3.00. The maximum atomic E-state index is 5.54. The second-order valence-corrected chi connectivity index (χ2v) is 7.45. The minimum absolute atomic E-state index is 0. The summed E-state index contributed by atoms with van der Waals surface area (Å²) >= 11 is 0. The molecule has 0 amide bonds. The van der Waals surface area contributed by atoms with Crippen LogP contribution in [0.25, 0.3) is 0 Å². The summed E-state index contributed by atoms with van der Waals surface area (Å²) in [6.45, 7) is 0. The van der Waals surface area contributed by atoms with Crippen molar-refractivity contribution in [3.8, 4) is 0 Å². The molecule has 0 radical (unpaired) electrons. The summed E-state index contributed by atoms with van der Waals surface area (Å²) in [6, 6.07) is 13.4. The molecule has 0 saturated heterocycles. The first-order valence-corrected chi connectivity index (χ1v) is 9.01. The van der Waals surface area contributed by atoms with E-state index in [4.69, 9.17) is 8.83 Å². The maximum absolute atomic E-state index is 5.54. The zero-order valence-corrected chi connectivity index (χ0v) is 15.6. The minimum Gasteiger partial charge on any atom is -1.00 e. The summed E-state index contributed by atoms with van der Waals surface area (Å²) in [4.78, 5) is 0. The fraction of sp³-hybridized carbons (Fsp3) is 0.227. The van der Waals surface area contributed by atoms with E-state index in [1.807, 2.05) is 12.5 Å². The highest BCUT2D eigenvalue weighted by Gasteiger charge is 2.60. The van der Waals surface area contributed by atoms with Crippen LogP contribution in [0.15, 0.2) is 82.7 Å². The molecule has 136 valence electrons. The summed E-state index contributed by atoms with van der Waals surface area (Å²) in [5, 5.41) is 0. The SMILES string of the molecule is Cn1cc[n+]2c1[C@@H]1c3ccccc3[C@H]2CC1(c1ccoc1)c1ccoc1.[Cl-]. The molecule has 3 aliphatic rings. The number of imidazole rings is 1. The molecular weight excluding hydrogens is 360 g/mol. The second-order valence-electron chi connectivity index (χ2n) is 7.45. The molecule has 0 spiro atoms. The molecule has 5 heterocycles. The van der Waals surface area contributed by atoms with E-state index >= 15 is 0 Å². The summed E-state index contributed by atoms with van der Waals surface area (Å²) < 4.78 is 15.8. The van der Waals surface area contributed by atoms with Crippen molar-refractivity contribution >= 4 is 0 Å². The third-order valence-electron chi connectivity index (χ3n) is 6.42. The van der Waals surface area contributed by atoms with Crippen LogP contribution in [-0.4, -0.2) is 4.57 Å². The van der Waals surface area contributed by atoms with Crippen molar-refractivity contribution in [2.75, 3.05) is 0 Å². The topological polar surface area (TPSA) is 35.1 Å². The number of halogens is 1. The normalized spacial score (nSPS) is 21.4. The fourth-order valence-electron chi connectivity index (χ4n) is 5.38. The van der Waals surface area contributed by atoms with Crippen molar-refractivity contribution in [2.24, 2.45) is 7.05 Å². The highest BCUT2D eigenvalue weighted by Crippen LogP contribution is 2.59. The highest BCUT2D eigenvalue weighted by atomic mass is 35.5. The van der Waals surface area contributed by atoms with Gasteiger partial charge in [-0.05, 0) is 17.7 Å². The van der Waals surface area contributed by atoms with E-state index in [1.165, 1.54) is 28.1 Å². The number of aryl methyl sites for hydroxylation is 1. The van der Waals surface area contributed by atoms with Gasteiger partial charge in [-0.2, -0.15) is 0 Å². The first-order chi connectivity index (χ1) is 12.8. The third kappa shape index (κ3) is 1.91. The largest absolute Gasteiger partial charge is 1.00 e. The van der Waals surface area contributed by atoms with Crippen molar-refractivity contribution < 1.29 is 25.8 Å². The van der Waals surface area contributed by atoms with Crippen LogP contribution >= 0.6 is 0 Å². The van der Waals surface area contributed by atoms with Gasteiger partial charge in [-0.15, -0.1) is 0 Å². The van der Waals surface area contributed by atoms with Gasteiger partial charge < -0.3 is 21.2 Å². The Balaban J connectivity index is 0.00000160. The van der Waals surface area contributed by atoms with E-state index in [0.717, 1.165) is 6.42 Å². The van der Waals surface area contributed by atoms with Crippen molar-refractivity contribution in [2.45, 2.75) is 23.8 Å². The van der Waals surface area contributed by atoms with Gasteiger partial charge in [-0.25, -0.2) is 9.13 Å². The standard InChI is InChI=1S/C22H19N2O2.ClH/c1-23-8-9-24-19-12-22(15-6-10-25-13-15,16-7-11-26-14-16)20(21(23)24)18-5-3-2-4-17(18)19;/h2-11,13-14,19-20H,12H2,1H3;1H/q+1;/p-1/t19-,20+;/m1./s1. The number of furan rings is 2. The maximum Gasteiger partial charge on any atom is 0.265 e. The van der Waals surface area contributed by atoms with Crippen LogP contribution in [0.2, 0.25) is 0 Å². The molecule has 0 fully saturated rings. The predicted octanol–water partition coefficient (Wildman–Crippen LogP) is 0.927. The summed E-state index contributed by atoms with van der Waals surface area (Å²) in [5.74, 6) is 1.54. The van der Waals surface area contributed by atoms with Crippen LogP contribution in [-0.2, 0) is 12.5 Å². The number of fused-ring (bicyclic) bond motifs is 1. The lowest BCUT2D eigenvalue weighted by atomic mass is 9.55. The molecule has 5 heteroatoms. The van der Waals surface area contributed by atoms with E-state index in [1.54, 1.807) is 12.5 Å². The summed E-state index contributed by atoms with van der Waals surface area (Å²) in [5.41, 5.74) is 5.09. The van der Waals surface area contributed by atoms with Crippen molar-refractivity contribution in [3.05, 3.63) is 102 Å². The number of hydrogen-bond donors (Lipinski definition) is 0. The molecule has 2 bridgehead atoms. The van der Waals surface area contributed by atoms with E-state index in [0.29, 0.717) is 6.04 Å². The van der Waals surface area contributed by atoms with E-state index < -0.39 is 0 Å². The van der Waals surface area contributed by atoms with Gasteiger partial charge in [0.1, 0.15) is 24.4 Å². The molecule has 3 aromatic heterocycles. The van der Waals surface area contributed by atoms with E-state index in [9.17, 15) is 0 Å². The number of benzene rings is 1. The molecule has 0 N–H and O–H groups in total. The Hall–Kier alpha value is -2.72. The quantitative estimate of drug-likeness (QED) is 0.486. The monoisotopic (exact) mass is 378 g/mol. The molecule has 1 aromatic carbocycles. The van der Waals surface area contributed by atoms with Crippen LogP contribution in [0.4, 0.5) is 0 Å². The van der Waals surface area contributed by atoms with Gasteiger partial charge in [-0.1, -0.05) is 24.3 Å². The molecule has 27 heavy (non-hydrogen) atoms. The Morgan fingerprint density at radius 2 is 1.67 bits per heavy atom. The van der Waals surface area contributed by atoms with Crippen molar-refractivity contribution in [3.63, 3.8) is 0 Å². The van der Waals surface area contributed by atoms with Crippen LogP contribution < -0.4 is 17.0 Å². The average Bonchev–Trinajstić information content (AvgIpc) is 3.44.